The number of ether oxygens (including phenoxy) is 6. The van der Waals surface area contributed by atoms with Gasteiger partial charge < -0.3 is 50.5 Å². The molecular formula is C103H76N6O11S. The lowest BCUT2D eigenvalue weighted by Crippen LogP contribution is -1.86. The average molecular weight is 1610 g/mol. The van der Waals surface area contributed by atoms with Gasteiger partial charge in [0.1, 0.15) is 33.3 Å². The highest BCUT2D eigenvalue weighted by Crippen LogP contribution is 2.45. The van der Waals surface area contributed by atoms with Crippen molar-refractivity contribution < 1.29 is 50.5 Å². The summed E-state index contributed by atoms with van der Waals surface area (Å²) in [6, 6.07) is 101. The van der Waals surface area contributed by atoms with Crippen molar-refractivity contribution in [2.75, 3.05) is 42.7 Å². The van der Waals surface area contributed by atoms with Crippen molar-refractivity contribution in [3.63, 3.8) is 0 Å². The van der Waals surface area contributed by atoms with E-state index in [1.807, 2.05) is 225 Å². The summed E-state index contributed by atoms with van der Waals surface area (Å²) in [5.74, 6) is 4.56. The van der Waals surface area contributed by atoms with Crippen molar-refractivity contribution in [2.24, 2.45) is 0 Å². The maximum atomic E-state index is 6.30. The summed E-state index contributed by atoms with van der Waals surface area (Å²) >= 11 is 1.73. The SMILES string of the molecule is COc1cc(-c2ccccc2)cc2c1oc1c(-c3cccc(C)c3)ccnc12.COc1cc(-c2ccccc2)cc2c1oc1cccnc12.COc1cccc2c1oc1c(-c3ccccc3)ccnc12.COc1cccc2c1oc1ccc(-c3ccccc3)nc12.COc1cccc2c1oc1cccnc12.COc1cccc2c1sc1cccnc12. The number of furan rings is 5. The Morgan fingerprint density at radius 2 is 0.628 bits per heavy atom. The van der Waals surface area contributed by atoms with Gasteiger partial charge in [0.25, 0.3) is 0 Å². The third kappa shape index (κ3) is 15.2. The fourth-order valence-electron chi connectivity index (χ4n) is 15.1. The molecule has 0 spiro atoms. The van der Waals surface area contributed by atoms with Gasteiger partial charge in [0.2, 0.25) is 0 Å². The number of aryl methyl sites for hydroxylation is 1. The van der Waals surface area contributed by atoms with Crippen molar-refractivity contribution in [3.8, 4) is 90.3 Å². The van der Waals surface area contributed by atoms with Crippen molar-refractivity contribution in [3.05, 3.63) is 340 Å². The van der Waals surface area contributed by atoms with E-state index in [0.717, 1.165) is 200 Å². The van der Waals surface area contributed by atoms with Crippen LogP contribution in [0.3, 0.4) is 0 Å². The minimum atomic E-state index is 0.713. The number of para-hydroxylation sites is 3. The molecule has 0 radical (unpaired) electrons. The van der Waals surface area contributed by atoms with Gasteiger partial charge in [-0.1, -0.05) is 181 Å². The average Bonchev–Trinajstić information content (AvgIpc) is 1.62. The number of hydrogen-bond donors (Lipinski definition) is 0. The Morgan fingerprint density at radius 1 is 0.240 bits per heavy atom. The molecule has 17 nitrogen and oxygen atoms in total. The number of fused-ring (bicyclic) bond motifs is 18. The van der Waals surface area contributed by atoms with Crippen molar-refractivity contribution in [1.29, 1.82) is 0 Å². The Balaban J connectivity index is 0.000000101. The van der Waals surface area contributed by atoms with Crippen LogP contribution in [0.2, 0.25) is 0 Å². The second kappa shape index (κ2) is 34.3. The molecule has 0 aliphatic carbocycles. The van der Waals surface area contributed by atoms with Gasteiger partial charge >= 0.3 is 0 Å². The Kier molecular flexibility index (Phi) is 21.7. The standard InChI is InChI=1S/C25H19NO2.3C18H13NO2.C12H9NO2.C12H9NOS/c1-16-7-6-10-18(13-16)20-11-12-26-23-21-14-19(17-8-4-3-5-9-17)15-22(27-2)24(21)28-25(20)23;1-20-16-11-13(12-6-3-2-4-7-12)10-14-17-15(21-18(14)16)8-5-9-19-17;1-20-15-9-5-8-14-16-18(21-17(14)15)13(10-11-19-16)12-6-3-2-4-7-12;1-20-16-9-5-8-13-17-15(21-18(13)16)11-10-14(19-17)12-6-3-2-4-7-12;1-14-10-5-2-4-8-11-9(15-12(8)10)6-3-7-13-11;1-14-9-5-2-4-8-11-10(15-12(8)9)6-3-7-13-11/h3-15H,1-2H3;3*2-11H,1H3;2*2-7H,1H3. The molecule has 23 rings (SSSR count). The maximum Gasteiger partial charge on any atom is 0.178 e. The van der Waals surface area contributed by atoms with Crippen molar-refractivity contribution in [2.45, 2.75) is 6.92 Å². The summed E-state index contributed by atoms with van der Waals surface area (Å²) in [6.07, 6.45) is 9.03. The summed E-state index contributed by atoms with van der Waals surface area (Å²) in [7, 11) is 9.95. The molecule has 11 aromatic carbocycles. The quantitative estimate of drug-likeness (QED) is 0.118. The number of pyridine rings is 6. The number of rotatable bonds is 11. The molecule has 0 fully saturated rings. The molecule has 12 aromatic heterocycles. The third-order valence-corrected chi connectivity index (χ3v) is 22.0. The molecule has 18 heteroatoms. The largest absolute Gasteiger partial charge is 0.495 e. The first-order chi connectivity index (χ1) is 59.6. The van der Waals surface area contributed by atoms with Crippen molar-refractivity contribution in [1.82, 2.24) is 29.9 Å². The molecular weight excluding hydrogens is 1530 g/mol. The Morgan fingerprint density at radius 3 is 1.16 bits per heavy atom. The Hall–Kier alpha value is -15.7. The second-order valence-corrected chi connectivity index (χ2v) is 29.1. The van der Waals surface area contributed by atoms with Crippen LogP contribution >= 0.6 is 11.3 Å². The van der Waals surface area contributed by atoms with Crippen LogP contribution in [0.4, 0.5) is 0 Å². The normalized spacial score (nSPS) is 11.1. The van der Waals surface area contributed by atoms with E-state index in [0.29, 0.717) is 5.75 Å². The first-order valence-corrected chi connectivity index (χ1v) is 39.8. The summed E-state index contributed by atoms with van der Waals surface area (Å²) in [4.78, 5) is 27.0. The van der Waals surface area contributed by atoms with Gasteiger partial charge in [0.15, 0.2) is 84.6 Å². The first-order valence-electron chi connectivity index (χ1n) is 39.0. The fraction of sp³-hybridized carbons (Fsp3) is 0.0680. The molecule has 23 aromatic rings. The van der Waals surface area contributed by atoms with Crippen LogP contribution < -0.4 is 28.4 Å². The van der Waals surface area contributed by atoms with Crippen LogP contribution in [-0.4, -0.2) is 72.6 Å². The highest BCUT2D eigenvalue weighted by Gasteiger charge is 2.22. The molecule has 121 heavy (non-hydrogen) atoms. The number of nitrogens with zero attached hydrogens (tertiary/aromatic N) is 6. The molecule has 590 valence electrons. The van der Waals surface area contributed by atoms with E-state index in [2.05, 4.69) is 129 Å². The fourth-order valence-corrected chi connectivity index (χ4v) is 16.2. The molecule has 0 bridgehead atoms. The number of benzene rings is 11. The molecule has 0 aliphatic heterocycles. The van der Waals surface area contributed by atoms with Gasteiger partial charge in [-0.05, 0) is 168 Å². The maximum absolute atomic E-state index is 6.30. The number of aromatic nitrogens is 6. The second-order valence-electron chi connectivity index (χ2n) is 28.1. The van der Waals surface area contributed by atoms with Gasteiger partial charge in [-0.3, -0.25) is 24.9 Å². The van der Waals surface area contributed by atoms with Gasteiger partial charge in [0.05, 0.1) is 90.2 Å². The molecule has 12 heterocycles. The van der Waals surface area contributed by atoms with Crippen molar-refractivity contribution >= 4 is 142 Å². The van der Waals surface area contributed by atoms with Gasteiger partial charge in [-0.2, -0.15) is 0 Å². The van der Waals surface area contributed by atoms with Crippen LogP contribution in [-0.2, 0) is 0 Å². The minimum Gasteiger partial charge on any atom is -0.495 e. The molecule has 0 atom stereocenters. The highest BCUT2D eigenvalue weighted by atomic mass is 32.1. The zero-order valence-corrected chi connectivity index (χ0v) is 67.7. The molecule has 0 unspecified atom stereocenters. The first kappa shape index (κ1) is 76.6. The van der Waals surface area contributed by atoms with E-state index in [-0.39, 0.29) is 0 Å². The van der Waals surface area contributed by atoms with E-state index in [1.165, 1.54) is 20.3 Å². The highest BCUT2D eigenvalue weighted by molar-refractivity contribution is 7.26. The van der Waals surface area contributed by atoms with Gasteiger partial charge in [-0.15, -0.1) is 11.3 Å². The monoisotopic (exact) mass is 1600 g/mol. The number of thiophene rings is 1. The molecule has 0 amide bonds. The van der Waals surface area contributed by atoms with E-state index in [1.54, 1.807) is 66.4 Å². The van der Waals surface area contributed by atoms with Crippen LogP contribution in [0.1, 0.15) is 5.56 Å². The lowest BCUT2D eigenvalue weighted by atomic mass is 10.0. The van der Waals surface area contributed by atoms with Crippen LogP contribution in [0.25, 0.3) is 186 Å². The molecule has 0 saturated heterocycles. The van der Waals surface area contributed by atoms with Gasteiger partial charge in [-0.25, -0.2) is 4.98 Å². The zero-order chi connectivity index (χ0) is 82.3. The molecule has 0 N–H and O–H groups in total. The molecule has 0 aliphatic rings. The number of methoxy groups -OCH3 is 6. The van der Waals surface area contributed by atoms with Gasteiger partial charge in [0, 0.05) is 53.1 Å². The summed E-state index contributed by atoms with van der Waals surface area (Å²) in [5, 5.41) is 6.05. The molecule has 0 saturated carbocycles. The predicted molar refractivity (Wildman–Crippen MR) is 486 cm³/mol. The predicted octanol–water partition coefficient (Wildman–Crippen LogP) is 27.0. The zero-order valence-electron chi connectivity index (χ0n) is 66.8. The van der Waals surface area contributed by atoms with Crippen LogP contribution in [0.15, 0.2) is 356 Å². The van der Waals surface area contributed by atoms with Crippen LogP contribution in [0, 0.1) is 6.92 Å². The topological polar surface area (TPSA) is 198 Å². The van der Waals surface area contributed by atoms with Crippen LogP contribution in [0.5, 0.6) is 34.5 Å². The lowest BCUT2D eigenvalue weighted by Gasteiger charge is -2.06. The third-order valence-electron chi connectivity index (χ3n) is 20.8. The minimum absolute atomic E-state index is 0.713. The van der Waals surface area contributed by atoms with E-state index in [4.69, 9.17) is 55.5 Å². The summed E-state index contributed by atoms with van der Waals surface area (Å²) in [5.41, 5.74) is 25.0. The Labute approximate surface area is 697 Å². The Bertz CT molecular complexity index is 7530. The smallest absolute Gasteiger partial charge is 0.178 e. The van der Waals surface area contributed by atoms with E-state index < -0.39 is 0 Å². The van der Waals surface area contributed by atoms with E-state index in [9.17, 15) is 0 Å². The van der Waals surface area contributed by atoms with E-state index >= 15 is 0 Å². The summed E-state index contributed by atoms with van der Waals surface area (Å²) in [6.45, 7) is 2.09. The summed E-state index contributed by atoms with van der Waals surface area (Å²) < 4.78 is 64.7. The lowest BCUT2D eigenvalue weighted by molar-refractivity contribution is 0.412. The number of hydrogen-bond acceptors (Lipinski definition) is 18.